The Morgan fingerprint density at radius 2 is 1.56 bits per heavy atom. The fourth-order valence-electron chi connectivity index (χ4n) is 6.60. The van der Waals surface area contributed by atoms with Gasteiger partial charge in [0.05, 0.1) is 16.6 Å². The Bertz CT molecular complexity index is 1750. The lowest BCUT2D eigenvalue weighted by Gasteiger charge is -2.34. The Balaban J connectivity index is 1.55. The van der Waals surface area contributed by atoms with Crippen molar-refractivity contribution < 1.29 is 0 Å². The molecule has 2 nitrogen and oxygen atoms in total. The van der Waals surface area contributed by atoms with E-state index in [0.717, 1.165) is 12.8 Å². The third-order valence-electron chi connectivity index (χ3n) is 7.99. The molecule has 3 aromatic carbocycles. The molecule has 0 radical (unpaired) electrons. The lowest BCUT2D eigenvalue weighted by molar-refractivity contribution is 0.644. The minimum Gasteiger partial charge on any atom is -0.356 e. The minimum atomic E-state index is 0.360. The second-order valence-electron chi connectivity index (χ2n) is 9.68. The average Bonchev–Trinajstić information content (AvgIpc) is 3.46. The van der Waals surface area contributed by atoms with Crippen LogP contribution in [0.4, 0.5) is 0 Å². The Morgan fingerprint density at radius 1 is 0.765 bits per heavy atom. The first-order chi connectivity index (χ1) is 16.9. The summed E-state index contributed by atoms with van der Waals surface area (Å²) in [6.45, 7) is 0. The molecule has 34 heavy (non-hydrogen) atoms. The lowest BCUT2D eigenvalue weighted by Crippen LogP contribution is -2.21. The van der Waals surface area contributed by atoms with E-state index in [0.29, 0.717) is 11.8 Å². The van der Waals surface area contributed by atoms with Crippen molar-refractivity contribution in [3.63, 3.8) is 0 Å². The van der Waals surface area contributed by atoms with Gasteiger partial charge in [0.25, 0.3) is 0 Å². The van der Waals surface area contributed by atoms with Crippen molar-refractivity contribution in [2.45, 2.75) is 18.8 Å². The zero-order chi connectivity index (χ0) is 22.2. The summed E-state index contributed by atoms with van der Waals surface area (Å²) in [5, 5.41) is 3.96. The Hall–Kier alpha value is -4.04. The Labute approximate surface area is 198 Å². The highest BCUT2D eigenvalue weighted by atomic mass is 15.0. The number of H-pyrrole nitrogens is 1. The smallest absolute Gasteiger partial charge is 0.0783 e. The molecule has 3 aliphatic rings. The lowest BCUT2D eigenvalue weighted by atomic mass is 9.70. The molecule has 5 aromatic rings. The van der Waals surface area contributed by atoms with Gasteiger partial charge < -0.3 is 9.55 Å². The number of fused-ring (bicyclic) bond motifs is 11. The van der Waals surface area contributed by atoms with Crippen LogP contribution in [-0.4, -0.2) is 9.55 Å². The zero-order valence-electron chi connectivity index (χ0n) is 18.8. The largest absolute Gasteiger partial charge is 0.356 e. The highest BCUT2D eigenvalue weighted by Gasteiger charge is 2.36. The molecular weight excluding hydrogens is 412 g/mol. The second kappa shape index (κ2) is 6.74. The summed E-state index contributed by atoms with van der Waals surface area (Å²) in [7, 11) is 0. The maximum Gasteiger partial charge on any atom is 0.0783 e. The van der Waals surface area contributed by atoms with Gasteiger partial charge in [-0.1, -0.05) is 85.0 Å². The van der Waals surface area contributed by atoms with Gasteiger partial charge in [-0.15, -0.1) is 0 Å². The van der Waals surface area contributed by atoms with Gasteiger partial charge in [-0.3, -0.25) is 0 Å². The Kier molecular flexibility index (Phi) is 3.65. The predicted octanol–water partition coefficient (Wildman–Crippen LogP) is 8.21. The molecule has 0 aliphatic heterocycles. The van der Waals surface area contributed by atoms with Crippen LogP contribution in [0.5, 0.6) is 0 Å². The zero-order valence-corrected chi connectivity index (χ0v) is 18.8. The van der Waals surface area contributed by atoms with Crippen LogP contribution in [-0.2, 0) is 0 Å². The number of nitrogens with zero attached hydrogens (tertiary/aromatic N) is 1. The van der Waals surface area contributed by atoms with E-state index in [1.165, 1.54) is 60.8 Å². The molecule has 3 aliphatic carbocycles. The average molecular weight is 437 g/mol. The van der Waals surface area contributed by atoms with Gasteiger partial charge in [0, 0.05) is 44.9 Å². The molecule has 2 aromatic heterocycles. The SMILES string of the molecule is C1=CC2C3=C(CCC=C3)c3c([nH]c4c3ccc3c5ccccc5n(-c5ccccc5)c34)C2C=C1. The predicted molar refractivity (Wildman–Crippen MR) is 142 cm³/mol. The van der Waals surface area contributed by atoms with Crippen molar-refractivity contribution in [1.29, 1.82) is 0 Å². The summed E-state index contributed by atoms with van der Waals surface area (Å²) in [4.78, 5) is 4.00. The highest BCUT2D eigenvalue weighted by Crippen LogP contribution is 2.51. The van der Waals surface area contributed by atoms with E-state index in [-0.39, 0.29) is 0 Å². The van der Waals surface area contributed by atoms with Gasteiger partial charge in [0.1, 0.15) is 0 Å². The van der Waals surface area contributed by atoms with E-state index in [4.69, 9.17) is 0 Å². The van der Waals surface area contributed by atoms with Crippen LogP contribution >= 0.6 is 0 Å². The van der Waals surface area contributed by atoms with Gasteiger partial charge >= 0.3 is 0 Å². The van der Waals surface area contributed by atoms with Crippen LogP contribution in [0.1, 0.15) is 30.0 Å². The molecule has 0 amide bonds. The molecule has 1 N–H and O–H groups in total. The summed E-state index contributed by atoms with van der Waals surface area (Å²) in [6.07, 6.45) is 16.2. The second-order valence-corrected chi connectivity index (χ2v) is 9.68. The van der Waals surface area contributed by atoms with Crippen LogP contribution in [0.25, 0.3) is 44.0 Å². The molecule has 2 heteroatoms. The Morgan fingerprint density at radius 3 is 2.47 bits per heavy atom. The summed E-state index contributed by atoms with van der Waals surface area (Å²) in [5.74, 6) is 0.783. The third kappa shape index (κ3) is 2.30. The van der Waals surface area contributed by atoms with Gasteiger partial charge in [0.15, 0.2) is 0 Å². The van der Waals surface area contributed by atoms with Gasteiger partial charge in [-0.05, 0) is 42.2 Å². The highest BCUT2D eigenvalue weighted by molar-refractivity contribution is 6.19. The first-order valence-electron chi connectivity index (χ1n) is 12.3. The molecule has 0 fully saturated rings. The summed E-state index contributed by atoms with van der Waals surface area (Å²) in [6, 6.07) is 24.3. The van der Waals surface area contributed by atoms with Crippen LogP contribution in [0.3, 0.4) is 0 Å². The van der Waals surface area contributed by atoms with Crippen molar-refractivity contribution in [3.8, 4) is 5.69 Å². The van der Waals surface area contributed by atoms with E-state index in [1.807, 2.05) is 0 Å². The first kappa shape index (κ1) is 18.4. The molecule has 162 valence electrons. The molecule has 0 saturated carbocycles. The first-order valence-corrected chi connectivity index (χ1v) is 12.3. The number of aromatic nitrogens is 2. The number of para-hydroxylation sites is 2. The maximum absolute atomic E-state index is 4.00. The summed E-state index contributed by atoms with van der Waals surface area (Å²) < 4.78 is 2.44. The maximum atomic E-state index is 4.00. The van der Waals surface area contributed by atoms with Crippen LogP contribution in [0.15, 0.2) is 109 Å². The van der Waals surface area contributed by atoms with E-state index < -0.39 is 0 Å². The molecule has 0 bridgehead atoms. The molecule has 0 spiro atoms. The van der Waals surface area contributed by atoms with E-state index >= 15 is 0 Å². The molecule has 0 saturated heterocycles. The van der Waals surface area contributed by atoms with Gasteiger partial charge in [-0.25, -0.2) is 0 Å². The van der Waals surface area contributed by atoms with Crippen molar-refractivity contribution >= 4 is 38.3 Å². The molecule has 2 heterocycles. The number of hydrogen-bond donors (Lipinski definition) is 1. The standard InChI is InChI=1S/C32H24N2/c1-2-10-20(11-3-1)34-28-17-9-8-14-23(28)26-18-19-27-29-24-15-6-4-12-21(24)22-13-5-7-16-25(22)30(29)33-31(27)32(26)34/h1-5,7-14,16-19,22,25,33H,6,15H2. The molecule has 2 unspecified atom stereocenters. The number of allylic oxidation sites excluding steroid dienone is 8. The fourth-order valence-corrected chi connectivity index (χ4v) is 6.60. The monoisotopic (exact) mass is 436 g/mol. The van der Waals surface area contributed by atoms with Crippen molar-refractivity contribution in [2.24, 2.45) is 5.92 Å². The van der Waals surface area contributed by atoms with Crippen LogP contribution in [0.2, 0.25) is 0 Å². The fraction of sp³-hybridized carbons (Fsp3) is 0.125. The van der Waals surface area contributed by atoms with E-state index in [9.17, 15) is 0 Å². The van der Waals surface area contributed by atoms with Crippen molar-refractivity contribution in [2.75, 3.05) is 0 Å². The number of benzene rings is 3. The number of nitrogens with one attached hydrogen (secondary N) is 1. The van der Waals surface area contributed by atoms with Gasteiger partial charge in [0.2, 0.25) is 0 Å². The normalized spacial score (nSPS) is 20.8. The number of aromatic amines is 1. The molecular formula is C32H24N2. The minimum absolute atomic E-state index is 0.360. The quantitative estimate of drug-likeness (QED) is 0.273. The van der Waals surface area contributed by atoms with Gasteiger partial charge in [-0.2, -0.15) is 0 Å². The number of hydrogen-bond acceptors (Lipinski definition) is 0. The van der Waals surface area contributed by atoms with Crippen LogP contribution < -0.4 is 0 Å². The third-order valence-corrected chi connectivity index (χ3v) is 7.99. The van der Waals surface area contributed by atoms with E-state index in [1.54, 1.807) is 0 Å². The molecule has 8 rings (SSSR count). The summed E-state index contributed by atoms with van der Waals surface area (Å²) in [5.41, 5.74) is 10.9. The van der Waals surface area contributed by atoms with Crippen LogP contribution in [0, 0.1) is 5.92 Å². The topological polar surface area (TPSA) is 20.7 Å². The summed E-state index contributed by atoms with van der Waals surface area (Å²) >= 11 is 0. The van der Waals surface area contributed by atoms with Crippen molar-refractivity contribution in [3.05, 3.63) is 120 Å². The van der Waals surface area contributed by atoms with E-state index in [2.05, 4.69) is 113 Å². The number of rotatable bonds is 1. The molecule has 2 atom stereocenters. The van der Waals surface area contributed by atoms with Crippen molar-refractivity contribution in [1.82, 2.24) is 9.55 Å².